The molecule has 2 aromatic rings. The van der Waals surface area contributed by atoms with Crippen LogP contribution in [0.1, 0.15) is 5.56 Å². The van der Waals surface area contributed by atoms with Gasteiger partial charge in [0.05, 0.1) is 0 Å². The maximum atomic E-state index is 5.85. The number of hydrogen-bond acceptors (Lipinski definition) is 2. The van der Waals surface area contributed by atoms with E-state index in [0.29, 0.717) is 5.56 Å². The summed E-state index contributed by atoms with van der Waals surface area (Å²) >= 11 is 23.6. The van der Waals surface area contributed by atoms with Crippen molar-refractivity contribution in [2.24, 2.45) is 0 Å². The largest absolute Gasteiger partial charge is 0.216 e. The Balaban J connectivity index is 0.00000144. The summed E-state index contributed by atoms with van der Waals surface area (Å²) in [5, 5.41) is 2.00. The van der Waals surface area contributed by atoms with Crippen LogP contribution in [0.5, 0.6) is 0 Å². The third-order valence-corrected chi connectivity index (χ3v) is 4.06. The second-order valence-electron chi connectivity index (χ2n) is 3.21. The van der Waals surface area contributed by atoms with E-state index in [9.17, 15) is 0 Å². The van der Waals surface area contributed by atoms with Crippen LogP contribution >= 0.6 is 58.8 Å². The predicted molar refractivity (Wildman–Crippen MR) is 76.2 cm³/mol. The van der Waals surface area contributed by atoms with E-state index in [-0.39, 0.29) is 19.5 Å². The van der Waals surface area contributed by atoms with E-state index in [1.807, 2.05) is 29.6 Å². The SMILES string of the molecule is Sc1ccc(C(Cl)(Cl)Cl)cc1-c1cccs1.[Zn]. The van der Waals surface area contributed by atoms with Crippen LogP contribution in [0, 0.1) is 0 Å². The molecule has 1 aromatic heterocycles. The number of thiol groups is 1. The molecule has 2 rings (SSSR count). The standard InChI is InChI=1S/C11H7Cl3S2.Zn/c12-11(13,14)7-3-4-9(15)8(6-7)10-2-1-5-16-10;/h1-6,15H;. The van der Waals surface area contributed by atoms with Gasteiger partial charge in [0.1, 0.15) is 0 Å². The zero-order valence-electron chi connectivity index (χ0n) is 8.66. The van der Waals surface area contributed by atoms with Gasteiger partial charge in [0.2, 0.25) is 3.79 Å². The van der Waals surface area contributed by atoms with Crippen LogP contribution in [0.3, 0.4) is 0 Å². The number of halogens is 3. The van der Waals surface area contributed by atoms with E-state index < -0.39 is 3.79 Å². The van der Waals surface area contributed by atoms with Gasteiger partial charge in [0.15, 0.2) is 0 Å². The van der Waals surface area contributed by atoms with Crippen molar-refractivity contribution in [3.05, 3.63) is 41.3 Å². The van der Waals surface area contributed by atoms with Crippen molar-refractivity contribution < 1.29 is 19.5 Å². The minimum absolute atomic E-state index is 0. The molecule has 0 saturated carbocycles. The van der Waals surface area contributed by atoms with Crippen molar-refractivity contribution in [3.63, 3.8) is 0 Å². The maximum Gasteiger partial charge on any atom is 0.216 e. The Hall–Kier alpha value is 0.763. The second kappa shape index (κ2) is 6.28. The molecule has 0 atom stereocenters. The fourth-order valence-electron chi connectivity index (χ4n) is 1.34. The Morgan fingerprint density at radius 3 is 2.35 bits per heavy atom. The molecule has 0 aliphatic rings. The number of thiophene rings is 1. The summed E-state index contributed by atoms with van der Waals surface area (Å²) in [5.41, 5.74) is 1.64. The van der Waals surface area contributed by atoms with E-state index in [1.165, 1.54) is 0 Å². The Kier molecular flexibility index (Phi) is 5.84. The minimum Gasteiger partial charge on any atom is -0.144 e. The molecular weight excluding hydrogens is 368 g/mol. The van der Waals surface area contributed by atoms with Gasteiger partial charge in [0.25, 0.3) is 0 Å². The van der Waals surface area contributed by atoms with Crippen LogP contribution in [-0.2, 0) is 23.3 Å². The fraction of sp³-hybridized carbons (Fsp3) is 0.0909. The normalized spacial score (nSPS) is 11.1. The number of benzene rings is 1. The zero-order valence-corrected chi connectivity index (χ0v) is 15.6. The number of hydrogen-bond donors (Lipinski definition) is 1. The van der Waals surface area contributed by atoms with E-state index in [4.69, 9.17) is 34.8 Å². The monoisotopic (exact) mass is 372 g/mol. The van der Waals surface area contributed by atoms with Gasteiger partial charge in [0, 0.05) is 40.4 Å². The van der Waals surface area contributed by atoms with Crippen LogP contribution in [0.25, 0.3) is 10.4 Å². The first-order chi connectivity index (χ1) is 7.48. The molecule has 17 heavy (non-hydrogen) atoms. The van der Waals surface area contributed by atoms with Gasteiger partial charge in [-0.1, -0.05) is 46.9 Å². The van der Waals surface area contributed by atoms with Crippen molar-refractivity contribution in [2.45, 2.75) is 8.69 Å². The Morgan fingerprint density at radius 1 is 1.12 bits per heavy atom. The average molecular weight is 375 g/mol. The molecule has 0 amide bonds. The minimum atomic E-state index is -1.40. The molecular formula is C11H7Cl3S2Zn. The third-order valence-electron chi connectivity index (χ3n) is 2.11. The van der Waals surface area contributed by atoms with Gasteiger partial charge in [-0.3, -0.25) is 0 Å². The molecule has 0 N–H and O–H groups in total. The second-order valence-corrected chi connectivity index (χ2v) is 6.92. The van der Waals surface area contributed by atoms with E-state index in [2.05, 4.69) is 12.6 Å². The van der Waals surface area contributed by atoms with Crippen LogP contribution < -0.4 is 0 Å². The van der Waals surface area contributed by atoms with E-state index in [0.717, 1.165) is 15.3 Å². The van der Waals surface area contributed by atoms with Crippen molar-refractivity contribution in [1.29, 1.82) is 0 Å². The maximum absolute atomic E-state index is 5.85. The molecule has 0 bridgehead atoms. The third kappa shape index (κ3) is 3.86. The molecule has 0 aliphatic carbocycles. The van der Waals surface area contributed by atoms with Gasteiger partial charge in [-0.2, -0.15) is 0 Å². The summed E-state index contributed by atoms with van der Waals surface area (Å²) in [7, 11) is 0. The van der Waals surface area contributed by atoms with Crippen molar-refractivity contribution in [3.8, 4) is 10.4 Å². The fourth-order valence-corrected chi connectivity index (χ4v) is 2.79. The van der Waals surface area contributed by atoms with E-state index >= 15 is 0 Å². The molecule has 6 heteroatoms. The van der Waals surface area contributed by atoms with Gasteiger partial charge in [-0.15, -0.1) is 24.0 Å². The van der Waals surface area contributed by atoms with Crippen molar-refractivity contribution in [1.82, 2.24) is 0 Å². The van der Waals surface area contributed by atoms with Gasteiger partial charge < -0.3 is 0 Å². The molecule has 1 aromatic carbocycles. The molecule has 0 radical (unpaired) electrons. The molecule has 1 heterocycles. The van der Waals surface area contributed by atoms with Crippen LogP contribution in [-0.4, -0.2) is 0 Å². The van der Waals surface area contributed by atoms with Crippen LogP contribution in [0.4, 0.5) is 0 Å². The Morgan fingerprint density at radius 2 is 1.82 bits per heavy atom. The summed E-state index contributed by atoms with van der Waals surface area (Å²) in [6.45, 7) is 0. The van der Waals surface area contributed by atoms with Crippen LogP contribution in [0.2, 0.25) is 0 Å². The zero-order chi connectivity index (χ0) is 11.8. The molecule has 86 valence electrons. The first-order valence-electron chi connectivity index (χ1n) is 4.42. The van der Waals surface area contributed by atoms with Crippen LogP contribution in [0.15, 0.2) is 40.6 Å². The summed E-state index contributed by atoms with van der Waals surface area (Å²) in [4.78, 5) is 1.99. The van der Waals surface area contributed by atoms with Gasteiger partial charge in [-0.25, -0.2) is 0 Å². The summed E-state index contributed by atoms with van der Waals surface area (Å²) in [5.74, 6) is 0. The summed E-state index contributed by atoms with van der Waals surface area (Å²) in [6.07, 6.45) is 0. The van der Waals surface area contributed by atoms with Crippen molar-refractivity contribution >= 4 is 58.8 Å². The van der Waals surface area contributed by atoms with Gasteiger partial charge in [-0.05, 0) is 23.6 Å². The first kappa shape index (κ1) is 15.8. The number of rotatable bonds is 1. The summed E-state index contributed by atoms with van der Waals surface area (Å²) in [6, 6.07) is 9.47. The topological polar surface area (TPSA) is 0 Å². The molecule has 0 saturated heterocycles. The predicted octanol–water partition coefficient (Wildman–Crippen LogP) is 5.53. The van der Waals surface area contributed by atoms with E-state index in [1.54, 1.807) is 17.4 Å². The smallest absolute Gasteiger partial charge is 0.144 e. The Labute approximate surface area is 137 Å². The molecule has 0 unspecified atom stereocenters. The summed E-state index contributed by atoms with van der Waals surface area (Å²) < 4.78 is -1.40. The molecule has 0 aliphatic heterocycles. The number of alkyl halides is 3. The first-order valence-corrected chi connectivity index (χ1v) is 6.88. The average Bonchev–Trinajstić information content (AvgIpc) is 2.69. The molecule has 0 nitrogen and oxygen atoms in total. The Bertz CT molecular complexity index is 492. The molecule has 0 spiro atoms. The quantitative estimate of drug-likeness (QED) is 0.378. The van der Waals surface area contributed by atoms with Gasteiger partial charge >= 0.3 is 0 Å². The van der Waals surface area contributed by atoms with Crippen molar-refractivity contribution in [2.75, 3.05) is 0 Å². The molecule has 0 fully saturated rings.